The van der Waals surface area contributed by atoms with Gasteiger partial charge in [-0.15, -0.1) is 0 Å². The molecule has 2 aromatic rings. The summed E-state index contributed by atoms with van der Waals surface area (Å²) in [6, 6.07) is 13.7. The maximum atomic E-state index is 5.97. The summed E-state index contributed by atoms with van der Waals surface area (Å²) in [5, 5.41) is 0.726. The average molecular weight is 348 g/mol. The maximum absolute atomic E-state index is 5.97. The van der Waals surface area contributed by atoms with Crippen molar-refractivity contribution in [2.24, 2.45) is 0 Å². The molecule has 5 heteroatoms. The van der Waals surface area contributed by atoms with E-state index in [1.807, 2.05) is 42.5 Å². The van der Waals surface area contributed by atoms with Crippen molar-refractivity contribution in [3.8, 4) is 22.6 Å². The average Bonchev–Trinajstić information content (AvgIpc) is 2.63. The normalized spacial score (nSPS) is 15.2. The lowest BCUT2D eigenvalue weighted by molar-refractivity contribution is 0.0322. The molecular weight excluding hydrogens is 326 g/mol. The van der Waals surface area contributed by atoms with Gasteiger partial charge >= 0.3 is 0 Å². The van der Waals surface area contributed by atoms with Crippen LogP contribution in [0.15, 0.2) is 42.5 Å². The van der Waals surface area contributed by atoms with Crippen molar-refractivity contribution in [3.05, 3.63) is 47.5 Å². The number of rotatable bonds is 6. The van der Waals surface area contributed by atoms with Crippen LogP contribution in [-0.2, 0) is 4.74 Å². The van der Waals surface area contributed by atoms with Crippen molar-refractivity contribution in [1.82, 2.24) is 4.90 Å². The summed E-state index contributed by atoms with van der Waals surface area (Å²) in [5.74, 6) is 1.59. The van der Waals surface area contributed by atoms with Crippen molar-refractivity contribution in [1.29, 1.82) is 0 Å². The van der Waals surface area contributed by atoms with Gasteiger partial charge in [0, 0.05) is 30.7 Å². The lowest BCUT2D eigenvalue weighted by Gasteiger charge is -2.26. The first-order chi connectivity index (χ1) is 11.7. The van der Waals surface area contributed by atoms with Crippen LogP contribution in [-0.4, -0.2) is 51.5 Å². The Morgan fingerprint density at radius 3 is 2.42 bits per heavy atom. The van der Waals surface area contributed by atoms with Crippen LogP contribution in [0, 0.1) is 0 Å². The van der Waals surface area contributed by atoms with E-state index in [4.69, 9.17) is 25.8 Å². The number of morpholine rings is 1. The highest BCUT2D eigenvalue weighted by Gasteiger charge is 2.10. The third-order valence-corrected chi connectivity index (χ3v) is 4.33. The molecule has 1 fully saturated rings. The molecule has 4 nitrogen and oxygen atoms in total. The van der Waals surface area contributed by atoms with Gasteiger partial charge in [0.1, 0.15) is 18.1 Å². The summed E-state index contributed by atoms with van der Waals surface area (Å²) in [6.45, 7) is 5.10. The van der Waals surface area contributed by atoms with Crippen molar-refractivity contribution in [3.63, 3.8) is 0 Å². The van der Waals surface area contributed by atoms with E-state index in [9.17, 15) is 0 Å². The highest BCUT2D eigenvalue weighted by Crippen LogP contribution is 2.30. The molecule has 1 heterocycles. The van der Waals surface area contributed by atoms with Crippen LogP contribution < -0.4 is 9.47 Å². The molecular formula is C19H22ClNO3. The molecule has 0 saturated carbocycles. The van der Waals surface area contributed by atoms with Crippen LogP contribution >= 0.6 is 11.6 Å². The van der Waals surface area contributed by atoms with E-state index in [0.29, 0.717) is 6.61 Å². The molecule has 0 radical (unpaired) electrons. The van der Waals surface area contributed by atoms with E-state index in [2.05, 4.69) is 4.90 Å². The molecule has 3 rings (SSSR count). The molecule has 0 atom stereocenters. The summed E-state index contributed by atoms with van der Waals surface area (Å²) < 4.78 is 16.7. The molecule has 1 aliphatic heterocycles. The minimum absolute atomic E-state index is 0.646. The first kappa shape index (κ1) is 17.1. The number of hydrogen-bond acceptors (Lipinski definition) is 4. The zero-order valence-corrected chi connectivity index (χ0v) is 14.6. The third kappa shape index (κ3) is 4.63. The Bertz CT molecular complexity index is 654. The van der Waals surface area contributed by atoms with Crippen LogP contribution in [0.3, 0.4) is 0 Å². The van der Waals surface area contributed by atoms with Crippen LogP contribution in [0.5, 0.6) is 11.5 Å². The highest BCUT2D eigenvalue weighted by atomic mass is 35.5. The smallest absolute Gasteiger partial charge is 0.123 e. The number of benzene rings is 2. The lowest BCUT2D eigenvalue weighted by Crippen LogP contribution is -2.38. The molecule has 0 aromatic heterocycles. The first-order valence-corrected chi connectivity index (χ1v) is 8.50. The summed E-state index contributed by atoms with van der Waals surface area (Å²) in [5.41, 5.74) is 2.13. The van der Waals surface area contributed by atoms with Crippen LogP contribution in [0.2, 0.25) is 5.02 Å². The number of ether oxygens (including phenoxy) is 3. The van der Waals surface area contributed by atoms with Gasteiger partial charge in [-0.25, -0.2) is 0 Å². The molecule has 2 aromatic carbocycles. The maximum Gasteiger partial charge on any atom is 0.123 e. The minimum Gasteiger partial charge on any atom is -0.497 e. The molecule has 1 saturated heterocycles. The summed E-state index contributed by atoms with van der Waals surface area (Å²) in [7, 11) is 1.67. The largest absolute Gasteiger partial charge is 0.497 e. The second-order valence-corrected chi connectivity index (χ2v) is 6.14. The molecule has 24 heavy (non-hydrogen) atoms. The number of halogens is 1. The highest BCUT2D eigenvalue weighted by molar-refractivity contribution is 6.30. The Morgan fingerprint density at radius 2 is 1.71 bits per heavy atom. The number of nitrogens with zero attached hydrogens (tertiary/aromatic N) is 1. The van der Waals surface area contributed by atoms with Crippen LogP contribution in [0.4, 0.5) is 0 Å². The summed E-state index contributed by atoms with van der Waals surface area (Å²) in [6.07, 6.45) is 0. The Labute approximate surface area is 147 Å². The number of methoxy groups -OCH3 is 1. The van der Waals surface area contributed by atoms with Gasteiger partial charge < -0.3 is 14.2 Å². The van der Waals surface area contributed by atoms with Gasteiger partial charge in [0.2, 0.25) is 0 Å². The predicted molar refractivity (Wildman–Crippen MR) is 96.2 cm³/mol. The third-order valence-electron chi connectivity index (χ3n) is 4.07. The van der Waals surface area contributed by atoms with E-state index >= 15 is 0 Å². The lowest BCUT2D eigenvalue weighted by atomic mass is 10.1. The minimum atomic E-state index is 0.646. The number of hydrogen-bond donors (Lipinski definition) is 0. The monoisotopic (exact) mass is 347 g/mol. The van der Waals surface area contributed by atoms with Crippen molar-refractivity contribution in [2.45, 2.75) is 0 Å². The molecule has 128 valence electrons. The molecule has 0 amide bonds. The molecule has 0 spiro atoms. The van der Waals surface area contributed by atoms with E-state index in [1.165, 1.54) is 0 Å². The van der Waals surface area contributed by atoms with Gasteiger partial charge in [0.05, 0.1) is 20.3 Å². The van der Waals surface area contributed by atoms with Gasteiger partial charge in [-0.1, -0.05) is 23.7 Å². The van der Waals surface area contributed by atoms with Crippen LogP contribution in [0.25, 0.3) is 11.1 Å². The van der Waals surface area contributed by atoms with Gasteiger partial charge in [-0.3, -0.25) is 4.90 Å². The zero-order valence-electron chi connectivity index (χ0n) is 13.8. The van der Waals surface area contributed by atoms with E-state index in [0.717, 1.165) is 60.5 Å². The predicted octanol–water partition coefficient (Wildman–Crippen LogP) is 3.73. The second-order valence-electron chi connectivity index (χ2n) is 5.71. The molecule has 0 aliphatic carbocycles. The van der Waals surface area contributed by atoms with Crippen molar-refractivity contribution >= 4 is 11.6 Å². The Morgan fingerprint density at radius 1 is 1.00 bits per heavy atom. The van der Waals surface area contributed by atoms with Gasteiger partial charge in [-0.2, -0.15) is 0 Å². The van der Waals surface area contributed by atoms with E-state index in [-0.39, 0.29) is 0 Å². The van der Waals surface area contributed by atoms with E-state index < -0.39 is 0 Å². The van der Waals surface area contributed by atoms with Gasteiger partial charge in [0.15, 0.2) is 0 Å². The topological polar surface area (TPSA) is 30.9 Å². The molecule has 0 unspecified atom stereocenters. The molecule has 0 bridgehead atoms. The van der Waals surface area contributed by atoms with Crippen LogP contribution in [0.1, 0.15) is 0 Å². The van der Waals surface area contributed by atoms with Gasteiger partial charge in [0.25, 0.3) is 0 Å². The standard InChI is InChI=1S/C19H22ClNO3/c1-22-18-12-16(15-2-4-17(20)5-3-15)13-19(14-18)24-11-8-21-6-9-23-10-7-21/h2-5,12-14H,6-11H2,1H3. The fourth-order valence-corrected chi connectivity index (χ4v) is 2.83. The fourth-order valence-electron chi connectivity index (χ4n) is 2.70. The molecule has 1 aliphatic rings. The SMILES string of the molecule is COc1cc(OCCN2CCOCC2)cc(-c2ccc(Cl)cc2)c1. The van der Waals surface area contributed by atoms with Gasteiger partial charge in [-0.05, 0) is 35.4 Å². The Hall–Kier alpha value is -1.75. The van der Waals surface area contributed by atoms with Crippen molar-refractivity contribution < 1.29 is 14.2 Å². The quantitative estimate of drug-likeness (QED) is 0.796. The Kier molecular flexibility index (Phi) is 5.96. The fraction of sp³-hybridized carbons (Fsp3) is 0.368. The Balaban J connectivity index is 1.68. The van der Waals surface area contributed by atoms with E-state index in [1.54, 1.807) is 7.11 Å². The first-order valence-electron chi connectivity index (χ1n) is 8.12. The zero-order chi connectivity index (χ0) is 16.8. The second kappa shape index (κ2) is 8.38. The summed E-state index contributed by atoms with van der Waals surface area (Å²) in [4.78, 5) is 2.35. The van der Waals surface area contributed by atoms with Crippen molar-refractivity contribution in [2.75, 3.05) is 46.6 Å². The summed E-state index contributed by atoms with van der Waals surface area (Å²) >= 11 is 5.97. The molecule has 0 N–H and O–H groups in total.